The van der Waals surface area contributed by atoms with Crippen molar-refractivity contribution in [2.45, 2.75) is 18.1 Å². The zero-order valence-electron chi connectivity index (χ0n) is 10.4. The second kappa shape index (κ2) is 5.92. The van der Waals surface area contributed by atoms with Gasteiger partial charge in [0.05, 0.1) is 6.07 Å². The number of thioether (sulfide) groups is 1. The summed E-state index contributed by atoms with van der Waals surface area (Å²) in [7, 11) is 0. The van der Waals surface area contributed by atoms with Crippen molar-refractivity contribution < 1.29 is 4.79 Å². The smallest absolute Gasteiger partial charge is 0.244 e. The molecule has 0 saturated carbocycles. The van der Waals surface area contributed by atoms with Gasteiger partial charge >= 0.3 is 0 Å². The van der Waals surface area contributed by atoms with Crippen molar-refractivity contribution in [2.24, 2.45) is 0 Å². The number of hydrogen-bond donors (Lipinski definition) is 0. The van der Waals surface area contributed by atoms with Crippen LogP contribution in [0.25, 0.3) is 0 Å². The van der Waals surface area contributed by atoms with E-state index >= 15 is 0 Å². The van der Waals surface area contributed by atoms with Gasteiger partial charge in [0.15, 0.2) is 0 Å². The first-order chi connectivity index (χ1) is 8.72. The predicted octanol–water partition coefficient (Wildman–Crippen LogP) is 2.26. The molecule has 1 saturated heterocycles. The van der Waals surface area contributed by atoms with Crippen LogP contribution in [0.5, 0.6) is 0 Å². The van der Waals surface area contributed by atoms with Gasteiger partial charge in [-0.2, -0.15) is 17.0 Å². The van der Waals surface area contributed by atoms with Gasteiger partial charge in [0.25, 0.3) is 0 Å². The van der Waals surface area contributed by atoms with Gasteiger partial charge in [-0.05, 0) is 5.56 Å². The number of amides is 1. The maximum absolute atomic E-state index is 12.4. The number of nitriles is 1. The Morgan fingerprint density at radius 2 is 2.22 bits per heavy atom. The highest BCUT2D eigenvalue weighted by atomic mass is 32.2. The summed E-state index contributed by atoms with van der Waals surface area (Å²) >= 11 is 1.88. The van der Waals surface area contributed by atoms with E-state index < -0.39 is 5.92 Å². The van der Waals surface area contributed by atoms with E-state index in [1.807, 2.05) is 47.0 Å². The SMILES string of the molecule is CC1CN(C(=O)C(C#N)c2ccccc2)CCS1. The van der Waals surface area contributed by atoms with E-state index in [1.54, 1.807) is 0 Å². The van der Waals surface area contributed by atoms with Crippen molar-refractivity contribution in [2.75, 3.05) is 18.8 Å². The lowest BCUT2D eigenvalue weighted by Gasteiger charge is -2.31. The minimum absolute atomic E-state index is 0.0594. The van der Waals surface area contributed by atoms with E-state index in [-0.39, 0.29) is 5.91 Å². The number of carbonyl (C=O) groups excluding carboxylic acids is 1. The Morgan fingerprint density at radius 3 is 2.83 bits per heavy atom. The van der Waals surface area contributed by atoms with E-state index in [1.165, 1.54) is 0 Å². The van der Waals surface area contributed by atoms with Crippen LogP contribution in [0, 0.1) is 11.3 Å². The molecular formula is C14H16N2OS. The lowest BCUT2D eigenvalue weighted by atomic mass is 9.99. The Morgan fingerprint density at radius 1 is 1.50 bits per heavy atom. The van der Waals surface area contributed by atoms with Crippen LogP contribution < -0.4 is 0 Å². The Labute approximate surface area is 112 Å². The van der Waals surface area contributed by atoms with Gasteiger partial charge in [-0.1, -0.05) is 37.3 Å². The van der Waals surface area contributed by atoms with E-state index in [2.05, 4.69) is 13.0 Å². The zero-order valence-corrected chi connectivity index (χ0v) is 11.2. The molecule has 0 aromatic heterocycles. The average molecular weight is 260 g/mol. The lowest BCUT2D eigenvalue weighted by molar-refractivity contribution is -0.131. The van der Waals surface area contributed by atoms with Crippen LogP contribution in [-0.4, -0.2) is 34.9 Å². The third kappa shape index (κ3) is 2.85. The van der Waals surface area contributed by atoms with Crippen LogP contribution >= 0.6 is 11.8 Å². The first kappa shape index (κ1) is 13.0. The van der Waals surface area contributed by atoms with Gasteiger partial charge in [0.2, 0.25) is 5.91 Å². The Hall–Kier alpha value is -1.47. The highest BCUT2D eigenvalue weighted by Crippen LogP contribution is 2.23. The van der Waals surface area contributed by atoms with E-state index in [4.69, 9.17) is 0 Å². The molecule has 1 aromatic carbocycles. The number of benzene rings is 1. The van der Waals surface area contributed by atoms with Crippen molar-refractivity contribution in [3.05, 3.63) is 35.9 Å². The summed E-state index contributed by atoms with van der Waals surface area (Å²) in [5.41, 5.74) is 0.788. The molecule has 1 aromatic rings. The molecule has 0 N–H and O–H groups in total. The predicted molar refractivity (Wildman–Crippen MR) is 73.3 cm³/mol. The van der Waals surface area contributed by atoms with Crippen molar-refractivity contribution >= 4 is 17.7 Å². The molecule has 1 fully saturated rings. The van der Waals surface area contributed by atoms with Crippen molar-refractivity contribution in [3.8, 4) is 6.07 Å². The monoisotopic (exact) mass is 260 g/mol. The molecule has 2 unspecified atom stereocenters. The normalized spacial score (nSPS) is 21.1. The third-order valence-electron chi connectivity index (χ3n) is 3.06. The van der Waals surface area contributed by atoms with E-state index in [9.17, 15) is 10.1 Å². The van der Waals surface area contributed by atoms with Crippen molar-refractivity contribution in [1.82, 2.24) is 4.90 Å². The summed E-state index contributed by atoms with van der Waals surface area (Å²) < 4.78 is 0. The highest BCUT2D eigenvalue weighted by molar-refractivity contribution is 7.99. The molecule has 4 heteroatoms. The maximum atomic E-state index is 12.4. The lowest BCUT2D eigenvalue weighted by Crippen LogP contribution is -2.43. The molecule has 0 radical (unpaired) electrons. The standard InChI is InChI=1S/C14H16N2OS/c1-11-10-16(7-8-18-11)14(17)13(9-15)12-5-3-2-4-6-12/h2-6,11,13H,7-8,10H2,1H3. The molecule has 2 atom stereocenters. The molecule has 1 heterocycles. The molecule has 0 aliphatic carbocycles. The number of nitrogens with zero attached hydrogens (tertiary/aromatic N) is 2. The summed E-state index contributed by atoms with van der Waals surface area (Å²) in [6.07, 6.45) is 0. The topological polar surface area (TPSA) is 44.1 Å². The van der Waals surface area contributed by atoms with Gasteiger partial charge in [-0.15, -0.1) is 0 Å². The Bertz CT molecular complexity index is 455. The first-order valence-corrected chi connectivity index (χ1v) is 7.12. The van der Waals surface area contributed by atoms with Gasteiger partial charge in [0.1, 0.15) is 5.92 Å². The molecule has 3 nitrogen and oxygen atoms in total. The fourth-order valence-electron chi connectivity index (χ4n) is 2.12. The van der Waals surface area contributed by atoms with Crippen LogP contribution in [0.3, 0.4) is 0 Å². The zero-order chi connectivity index (χ0) is 13.0. The van der Waals surface area contributed by atoms with E-state index in [0.717, 1.165) is 24.4 Å². The molecule has 1 aliphatic heterocycles. The van der Waals surface area contributed by atoms with E-state index in [0.29, 0.717) is 5.25 Å². The fourth-order valence-corrected chi connectivity index (χ4v) is 3.13. The molecule has 18 heavy (non-hydrogen) atoms. The summed E-state index contributed by atoms with van der Waals surface area (Å²) in [5, 5.41) is 9.70. The van der Waals surface area contributed by atoms with Crippen LogP contribution in [-0.2, 0) is 4.79 Å². The molecule has 2 rings (SSSR count). The molecule has 94 valence electrons. The molecular weight excluding hydrogens is 244 g/mol. The second-order valence-electron chi connectivity index (χ2n) is 4.44. The fraction of sp³-hybridized carbons (Fsp3) is 0.429. The molecule has 1 amide bonds. The van der Waals surface area contributed by atoms with Crippen LogP contribution in [0.2, 0.25) is 0 Å². The number of hydrogen-bond acceptors (Lipinski definition) is 3. The van der Waals surface area contributed by atoms with Gasteiger partial charge < -0.3 is 4.90 Å². The van der Waals surface area contributed by atoms with Crippen molar-refractivity contribution in [1.29, 1.82) is 5.26 Å². The summed E-state index contributed by atoms with van der Waals surface area (Å²) in [4.78, 5) is 14.2. The Kier molecular flexibility index (Phi) is 4.27. The van der Waals surface area contributed by atoms with Crippen LogP contribution in [0.15, 0.2) is 30.3 Å². The summed E-state index contributed by atoms with van der Waals surface area (Å²) in [5.74, 6) is 0.234. The van der Waals surface area contributed by atoms with Crippen molar-refractivity contribution in [3.63, 3.8) is 0 Å². The molecule has 0 bridgehead atoms. The maximum Gasteiger partial charge on any atom is 0.244 e. The highest BCUT2D eigenvalue weighted by Gasteiger charge is 2.28. The Balaban J connectivity index is 2.14. The molecule has 0 spiro atoms. The minimum atomic E-state index is -0.665. The number of carbonyl (C=O) groups is 1. The average Bonchev–Trinajstić information content (AvgIpc) is 2.41. The van der Waals surface area contributed by atoms with Gasteiger partial charge in [-0.25, -0.2) is 0 Å². The molecule has 1 aliphatic rings. The van der Waals surface area contributed by atoms with Crippen LogP contribution in [0.1, 0.15) is 18.4 Å². The van der Waals surface area contributed by atoms with Crippen LogP contribution in [0.4, 0.5) is 0 Å². The second-order valence-corrected chi connectivity index (χ2v) is 5.98. The summed E-state index contributed by atoms with van der Waals surface area (Å²) in [6.45, 7) is 3.61. The third-order valence-corrected chi connectivity index (χ3v) is 4.20. The van der Waals surface area contributed by atoms with Gasteiger partial charge in [0, 0.05) is 24.1 Å². The quantitative estimate of drug-likeness (QED) is 0.819. The first-order valence-electron chi connectivity index (χ1n) is 6.07. The van der Waals surface area contributed by atoms with Gasteiger partial charge in [-0.3, -0.25) is 4.79 Å². The largest absolute Gasteiger partial charge is 0.339 e. The number of rotatable bonds is 2. The summed E-state index contributed by atoms with van der Waals surface area (Å²) in [6, 6.07) is 11.4. The minimum Gasteiger partial charge on any atom is -0.339 e.